The first kappa shape index (κ1) is 12.4. The van der Waals surface area contributed by atoms with Gasteiger partial charge in [-0.05, 0) is 56.9 Å². The summed E-state index contributed by atoms with van der Waals surface area (Å²) < 4.78 is 0. The summed E-state index contributed by atoms with van der Waals surface area (Å²) in [7, 11) is 2.19. The van der Waals surface area contributed by atoms with Crippen LogP contribution < -0.4 is 5.32 Å². The van der Waals surface area contributed by atoms with Crippen molar-refractivity contribution >= 4 is 0 Å². The molecule has 3 nitrogen and oxygen atoms in total. The molecular weight excluding hydrogens is 222 g/mol. The Hall–Kier alpha value is -0.590. The molecule has 3 fully saturated rings. The third-order valence-corrected chi connectivity index (χ3v) is 5.10. The smallest absolute Gasteiger partial charge is 0.108 e. The van der Waals surface area contributed by atoms with Crippen LogP contribution in [0.1, 0.15) is 38.5 Å². The lowest BCUT2D eigenvalue weighted by atomic mass is 9.88. The third-order valence-electron chi connectivity index (χ3n) is 5.10. The minimum atomic E-state index is 0.0288. The molecule has 0 aliphatic heterocycles. The van der Waals surface area contributed by atoms with Crippen LogP contribution in [-0.4, -0.2) is 37.1 Å². The summed E-state index contributed by atoms with van der Waals surface area (Å²) in [6.45, 7) is 2.09. The fourth-order valence-corrected chi connectivity index (χ4v) is 4.05. The molecule has 0 aromatic heterocycles. The van der Waals surface area contributed by atoms with Crippen LogP contribution in [0.15, 0.2) is 0 Å². The molecule has 0 amide bonds. The Kier molecular flexibility index (Phi) is 3.59. The minimum absolute atomic E-state index is 0.0288. The highest BCUT2D eigenvalue weighted by Gasteiger charge is 2.39. The molecule has 1 N–H and O–H groups in total. The minimum Gasteiger partial charge on any atom is -0.303 e. The zero-order valence-corrected chi connectivity index (χ0v) is 11.4. The molecule has 0 aromatic carbocycles. The number of nitrogens with one attached hydrogen (secondary N) is 1. The molecule has 3 heteroatoms. The van der Waals surface area contributed by atoms with Gasteiger partial charge in [-0.25, -0.2) is 0 Å². The van der Waals surface area contributed by atoms with Crippen LogP contribution in [0.5, 0.6) is 0 Å². The predicted octanol–water partition coefficient (Wildman–Crippen LogP) is 2.00. The summed E-state index contributed by atoms with van der Waals surface area (Å²) in [6.07, 6.45) is 8.39. The van der Waals surface area contributed by atoms with E-state index in [4.69, 9.17) is 0 Å². The van der Waals surface area contributed by atoms with E-state index in [-0.39, 0.29) is 6.04 Å². The van der Waals surface area contributed by atoms with E-state index in [1.54, 1.807) is 0 Å². The van der Waals surface area contributed by atoms with Gasteiger partial charge in [-0.3, -0.25) is 5.32 Å². The van der Waals surface area contributed by atoms with Gasteiger partial charge >= 0.3 is 0 Å². The molecule has 0 aromatic rings. The van der Waals surface area contributed by atoms with E-state index < -0.39 is 0 Å². The molecular formula is C15H25N3. The van der Waals surface area contributed by atoms with Crippen molar-refractivity contribution in [3.63, 3.8) is 0 Å². The number of nitriles is 1. The zero-order chi connectivity index (χ0) is 12.5. The normalized spacial score (nSPS) is 35.9. The van der Waals surface area contributed by atoms with Gasteiger partial charge < -0.3 is 4.90 Å². The topological polar surface area (TPSA) is 39.1 Å². The van der Waals surface area contributed by atoms with Crippen LogP contribution in [0, 0.1) is 29.1 Å². The van der Waals surface area contributed by atoms with Crippen LogP contribution in [0.4, 0.5) is 0 Å². The quantitative estimate of drug-likeness (QED) is 0.780. The lowest BCUT2D eigenvalue weighted by Gasteiger charge is -2.28. The summed E-state index contributed by atoms with van der Waals surface area (Å²) in [5, 5.41) is 12.6. The predicted molar refractivity (Wildman–Crippen MR) is 72.0 cm³/mol. The van der Waals surface area contributed by atoms with Crippen LogP contribution in [0.3, 0.4) is 0 Å². The van der Waals surface area contributed by atoms with Crippen molar-refractivity contribution in [1.82, 2.24) is 10.2 Å². The van der Waals surface area contributed by atoms with E-state index in [1.165, 1.54) is 45.1 Å². The molecule has 2 bridgehead atoms. The monoisotopic (exact) mass is 247 g/mol. The lowest BCUT2D eigenvalue weighted by molar-refractivity contribution is 0.212. The maximum atomic E-state index is 9.18. The van der Waals surface area contributed by atoms with E-state index in [1.807, 2.05) is 0 Å². The van der Waals surface area contributed by atoms with Crippen molar-refractivity contribution < 1.29 is 0 Å². The van der Waals surface area contributed by atoms with Gasteiger partial charge in [0, 0.05) is 19.1 Å². The van der Waals surface area contributed by atoms with Crippen LogP contribution in [0.25, 0.3) is 0 Å². The first-order valence-corrected chi connectivity index (χ1v) is 7.59. The molecule has 0 heterocycles. The molecule has 3 rings (SSSR count). The van der Waals surface area contributed by atoms with E-state index >= 15 is 0 Å². The van der Waals surface area contributed by atoms with Gasteiger partial charge in [0.2, 0.25) is 0 Å². The fraction of sp³-hybridized carbons (Fsp3) is 0.933. The Morgan fingerprint density at radius 1 is 1.28 bits per heavy atom. The highest BCUT2D eigenvalue weighted by molar-refractivity contribution is 4.98. The SMILES string of the molecule is CN(CC(C#N)NC1CC1)CC1CC2CCC1C2. The standard InChI is InChI=1S/C15H25N3/c1-18(10-15(8-16)17-14-4-5-14)9-13-7-11-2-3-12(13)6-11/h11-15,17H,2-7,9-10H2,1H3. The Labute approximate surface area is 111 Å². The number of hydrogen-bond acceptors (Lipinski definition) is 3. The molecule has 3 aliphatic rings. The molecule has 4 unspecified atom stereocenters. The second-order valence-corrected chi connectivity index (χ2v) is 6.78. The van der Waals surface area contributed by atoms with E-state index in [0.717, 1.165) is 24.3 Å². The highest BCUT2D eigenvalue weighted by atomic mass is 15.1. The molecule has 100 valence electrons. The second-order valence-electron chi connectivity index (χ2n) is 6.78. The molecule has 0 saturated heterocycles. The van der Waals surface area contributed by atoms with E-state index in [2.05, 4.69) is 23.3 Å². The van der Waals surface area contributed by atoms with Crippen LogP contribution >= 0.6 is 0 Å². The molecule has 0 radical (unpaired) electrons. The van der Waals surface area contributed by atoms with Crippen molar-refractivity contribution in [3.05, 3.63) is 0 Å². The Balaban J connectivity index is 1.43. The average Bonchev–Trinajstić information content (AvgIpc) is 2.93. The van der Waals surface area contributed by atoms with Crippen molar-refractivity contribution in [2.24, 2.45) is 17.8 Å². The van der Waals surface area contributed by atoms with Crippen molar-refractivity contribution in [2.45, 2.75) is 50.6 Å². The van der Waals surface area contributed by atoms with E-state index in [0.29, 0.717) is 6.04 Å². The molecule has 3 saturated carbocycles. The summed E-state index contributed by atoms with van der Waals surface area (Å²) in [5.74, 6) is 2.94. The summed E-state index contributed by atoms with van der Waals surface area (Å²) in [6, 6.07) is 3.07. The van der Waals surface area contributed by atoms with Gasteiger partial charge in [-0.2, -0.15) is 5.26 Å². The van der Waals surface area contributed by atoms with Gasteiger partial charge in [-0.1, -0.05) is 6.42 Å². The zero-order valence-electron chi connectivity index (χ0n) is 11.4. The van der Waals surface area contributed by atoms with Gasteiger partial charge in [0.15, 0.2) is 0 Å². The van der Waals surface area contributed by atoms with Gasteiger partial charge in [-0.15, -0.1) is 0 Å². The summed E-state index contributed by atoms with van der Waals surface area (Å²) >= 11 is 0. The lowest BCUT2D eigenvalue weighted by Crippen LogP contribution is -2.41. The summed E-state index contributed by atoms with van der Waals surface area (Å²) in [5.41, 5.74) is 0. The Bertz CT molecular complexity index is 331. The Morgan fingerprint density at radius 2 is 2.11 bits per heavy atom. The Morgan fingerprint density at radius 3 is 2.67 bits per heavy atom. The van der Waals surface area contributed by atoms with Crippen molar-refractivity contribution in [3.8, 4) is 6.07 Å². The molecule has 4 atom stereocenters. The molecule has 0 spiro atoms. The number of fused-ring (bicyclic) bond motifs is 2. The van der Waals surface area contributed by atoms with Gasteiger partial charge in [0.25, 0.3) is 0 Å². The second kappa shape index (κ2) is 5.19. The number of nitrogens with zero attached hydrogens (tertiary/aromatic N) is 2. The first-order chi connectivity index (χ1) is 8.74. The van der Waals surface area contributed by atoms with E-state index in [9.17, 15) is 5.26 Å². The van der Waals surface area contributed by atoms with Crippen molar-refractivity contribution in [1.29, 1.82) is 5.26 Å². The maximum Gasteiger partial charge on any atom is 0.108 e. The van der Waals surface area contributed by atoms with Crippen LogP contribution in [0.2, 0.25) is 0 Å². The number of hydrogen-bond donors (Lipinski definition) is 1. The van der Waals surface area contributed by atoms with Crippen LogP contribution in [-0.2, 0) is 0 Å². The number of likely N-dealkylation sites (N-methyl/N-ethyl adjacent to an activating group) is 1. The maximum absolute atomic E-state index is 9.18. The molecule has 3 aliphatic carbocycles. The van der Waals surface area contributed by atoms with Gasteiger partial charge in [0.05, 0.1) is 6.07 Å². The highest BCUT2D eigenvalue weighted by Crippen LogP contribution is 2.48. The van der Waals surface area contributed by atoms with Crippen molar-refractivity contribution in [2.75, 3.05) is 20.1 Å². The largest absolute Gasteiger partial charge is 0.303 e. The molecule has 18 heavy (non-hydrogen) atoms. The fourth-order valence-electron chi connectivity index (χ4n) is 4.05. The third kappa shape index (κ3) is 2.87. The number of rotatable bonds is 6. The first-order valence-electron chi connectivity index (χ1n) is 7.59. The average molecular weight is 247 g/mol. The summed E-state index contributed by atoms with van der Waals surface area (Å²) in [4.78, 5) is 2.38. The van der Waals surface area contributed by atoms with Gasteiger partial charge in [0.1, 0.15) is 6.04 Å².